The lowest BCUT2D eigenvalue weighted by Gasteiger charge is -2.13. The molecule has 84 valence electrons. The maximum absolute atomic E-state index is 13.5. The van der Waals surface area contributed by atoms with Crippen LogP contribution >= 0.6 is 11.8 Å². The van der Waals surface area contributed by atoms with E-state index >= 15 is 0 Å². The van der Waals surface area contributed by atoms with E-state index < -0.39 is 6.10 Å². The molecule has 0 bridgehead atoms. The normalized spacial score (nSPS) is 13.2. The number of benzene rings is 1. The Balaban J connectivity index is 2.91. The average Bonchev–Trinajstić information content (AvgIpc) is 2.13. The topological polar surface area (TPSA) is 20.2 Å². The third kappa shape index (κ3) is 3.50. The maximum Gasteiger partial charge on any atom is 0.130 e. The zero-order chi connectivity index (χ0) is 11.4. The van der Waals surface area contributed by atoms with E-state index in [0.29, 0.717) is 11.5 Å². The van der Waals surface area contributed by atoms with Crippen molar-refractivity contribution in [3.8, 4) is 0 Å². The van der Waals surface area contributed by atoms with E-state index in [-0.39, 0.29) is 5.82 Å². The molecule has 0 aliphatic heterocycles. The van der Waals surface area contributed by atoms with E-state index in [0.717, 1.165) is 10.6 Å². The van der Waals surface area contributed by atoms with Crippen molar-refractivity contribution in [2.75, 3.05) is 5.75 Å². The Labute approximate surface area is 94.7 Å². The van der Waals surface area contributed by atoms with Crippen molar-refractivity contribution in [3.63, 3.8) is 0 Å². The molecule has 1 rings (SSSR count). The monoisotopic (exact) mass is 228 g/mol. The molecule has 0 amide bonds. The fourth-order valence-corrected chi connectivity index (χ4v) is 2.42. The van der Waals surface area contributed by atoms with Gasteiger partial charge in [0.15, 0.2) is 0 Å². The van der Waals surface area contributed by atoms with Gasteiger partial charge in [0.05, 0.1) is 6.10 Å². The number of hydrogen-bond acceptors (Lipinski definition) is 2. The lowest BCUT2D eigenvalue weighted by atomic mass is 10.1. The van der Waals surface area contributed by atoms with Crippen molar-refractivity contribution in [1.29, 1.82) is 0 Å². The van der Waals surface area contributed by atoms with Gasteiger partial charge in [0.25, 0.3) is 0 Å². The molecule has 0 spiro atoms. The first-order chi connectivity index (χ1) is 7.02. The molecule has 3 heteroatoms. The van der Waals surface area contributed by atoms with E-state index in [1.807, 2.05) is 6.07 Å². The molecule has 0 aliphatic carbocycles. The smallest absolute Gasteiger partial charge is 0.130 e. The second-order valence-corrected chi connectivity index (χ2v) is 5.09. The molecule has 0 saturated carbocycles. The van der Waals surface area contributed by atoms with Gasteiger partial charge in [-0.3, -0.25) is 0 Å². The summed E-state index contributed by atoms with van der Waals surface area (Å²) in [7, 11) is 0. The minimum absolute atomic E-state index is 0.321. The first kappa shape index (κ1) is 12.5. The molecular formula is C12H17FOS. The second kappa shape index (κ2) is 5.52. The Hall–Kier alpha value is -0.540. The largest absolute Gasteiger partial charge is 0.389 e. The van der Waals surface area contributed by atoms with Crippen LogP contribution in [-0.4, -0.2) is 10.9 Å². The summed E-state index contributed by atoms with van der Waals surface area (Å²) < 4.78 is 13.5. The van der Waals surface area contributed by atoms with Crippen LogP contribution in [0, 0.1) is 11.7 Å². The lowest BCUT2D eigenvalue weighted by molar-refractivity contribution is 0.191. The summed E-state index contributed by atoms with van der Waals surface area (Å²) in [6.07, 6.45) is -0.749. The fourth-order valence-electron chi connectivity index (χ4n) is 1.30. The first-order valence-corrected chi connectivity index (χ1v) is 6.10. The number of rotatable bonds is 4. The highest BCUT2D eigenvalue weighted by atomic mass is 32.2. The van der Waals surface area contributed by atoms with Gasteiger partial charge in [0, 0.05) is 16.2 Å². The molecule has 0 unspecified atom stereocenters. The molecule has 1 nitrogen and oxygen atoms in total. The SMILES string of the molecule is CC(C)CSc1cccc(F)c1[C@H](C)O. The second-order valence-electron chi connectivity index (χ2n) is 4.03. The molecule has 0 fully saturated rings. The van der Waals surface area contributed by atoms with E-state index in [1.165, 1.54) is 6.07 Å². The fraction of sp³-hybridized carbons (Fsp3) is 0.500. The number of hydrogen-bond donors (Lipinski definition) is 1. The van der Waals surface area contributed by atoms with E-state index in [1.54, 1.807) is 24.8 Å². The minimum Gasteiger partial charge on any atom is -0.389 e. The zero-order valence-corrected chi connectivity index (χ0v) is 10.1. The van der Waals surface area contributed by atoms with Crippen molar-refractivity contribution in [2.45, 2.75) is 31.8 Å². The van der Waals surface area contributed by atoms with Gasteiger partial charge in [-0.15, -0.1) is 11.8 Å². The van der Waals surface area contributed by atoms with Gasteiger partial charge in [0.2, 0.25) is 0 Å². The van der Waals surface area contributed by atoms with Crippen LogP contribution in [-0.2, 0) is 0 Å². The molecule has 0 saturated heterocycles. The van der Waals surface area contributed by atoms with E-state index in [4.69, 9.17) is 0 Å². The summed E-state index contributed by atoms with van der Waals surface area (Å²) in [5.41, 5.74) is 0.420. The molecule has 1 atom stereocenters. The first-order valence-electron chi connectivity index (χ1n) is 5.11. The number of aliphatic hydroxyl groups excluding tert-OH is 1. The third-order valence-electron chi connectivity index (χ3n) is 2.00. The van der Waals surface area contributed by atoms with Gasteiger partial charge in [-0.05, 0) is 25.0 Å². The van der Waals surface area contributed by atoms with Crippen LogP contribution in [0.1, 0.15) is 32.4 Å². The summed E-state index contributed by atoms with van der Waals surface area (Å²) in [6, 6.07) is 4.93. The highest BCUT2D eigenvalue weighted by molar-refractivity contribution is 7.99. The van der Waals surface area contributed by atoms with Gasteiger partial charge in [-0.25, -0.2) is 4.39 Å². The molecule has 15 heavy (non-hydrogen) atoms. The van der Waals surface area contributed by atoms with Crippen molar-refractivity contribution in [1.82, 2.24) is 0 Å². The predicted octanol–water partition coefficient (Wildman–Crippen LogP) is 3.63. The molecule has 0 aromatic heterocycles. The van der Waals surface area contributed by atoms with Crippen LogP contribution < -0.4 is 0 Å². The van der Waals surface area contributed by atoms with Crippen LogP contribution in [0.15, 0.2) is 23.1 Å². The summed E-state index contributed by atoms with van der Waals surface area (Å²) in [4.78, 5) is 0.846. The Bertz CT molecular complexity index is 323. The number of halogens is 1. The highest BCUT2D eigenvalue weighted by Crippen LogP contribution is 2.30. The molecule has 0 radical (unpaired) electrons. The van der Waals surface area contributed by atoms with Crippen LogP contribution in [0.3, 0.4) is 0 Å². The average molecular weight is 228 g/mol. The van der Waals surface area contributed by atoms with Gasteiger partial charge >= 0.3 is 0 Å². The van der Waals surface area contributed by atoms with Crippen molar-refractivity contribution in [3.05, 3.63) is 29.6 Å². The van der Waals surface area contributed by atoms with E-state index in [9.17, 15) is 9.50 Å². The Kier molecular flexibility index (Phi) is 4.61. The van der Waals surface area contributed by atoms with Crippen LogP contribution in [0.2, 0.25) is 0 Å². The summed E-state index contributed by atoms with van der Waals surface area (Å²) in [6.45, 7) is 5.83. The Morgan fingerprint density at radius 2 is 2.00 bits per heavy atom. The Morgan fingerprint density at radius 1 is 1.33 bits per heavy atom. The molecule has 1 N–H and O–H groups in total. The summed E-state index contributed by atoms with van der Waals surface area (Å²) in [5, 5.41) is 9.50. The molecule has 0 heterocycles. The standard InChI is InChI=1S/C12H17FOS/c1-8(2)7-15-11-6-4-5-10(13)12(11)9(3)14/h4-6,8-9,14H,7H2,1-3H3/t9-/m0/s1. The lowest BCUT2D eigenvalue weighted by Crippen LogP contribution is -2.00. The quantitative estimate of drug-likeness (QED) is 0.794. The molecular weight excluding hydrogens is 211 g/mol. The van der Waals surface area contributed by atoms with Gasteiger partial charge in [-0.2, -0.15) is 0 Å². The molecule has 1 aromatic rings. The van der Waals surface area contributed by atoms with Gasteiger partial charge in [-0.1, -0.05) is 19.9 Å². The summed E-state index contributed by atoms with van der Waals surface area (Å²) >= 11 is 1.60. The number of aliphatic hydroxyl groups is 1. The molecule has 1 aromatic carbocycles. The third-order valence-corrected chi connectivity index (χ3v) is 3.50. The van der Waals surface area contributed by atoms with Crippen LogP contribution in [0.25, 0.3) is 0 Å². The van der Waals surface area contributed by atoms with Crippen LogP contribution in [0.4, 0.5) is 4.39 Å². The minimum atomic E-state index is -0.749. The number of thioether (sulfide) groups is 1. The van der Waals surface area contributed by atoms with Gasteiger partial charge < -0.3 is 5.11 Å². The zero-order valence-electron chi connectivity index (χ0n) is 9.33. The van der Waals surface area contributed by atoms with Crippen molar-refractivity contribution < 1.29 is 9.50 Å². The van der Waals surface area contributed by atoms with Crippen LogP contribution in [0.5, 0.6) is 0 Å². The highest BCUT2D eigenvalue weighted by Gasteiger charge is 2.13. The van der Waals surface area contributed by atoms with Crippen molar-refractivity contribution in [2.24, 2.45) is 5.92 Å². The van der Waals surface area contributed by atoms with Crippen molar-refractivity contribution >= 4 is 11.8 Å². The maximum atomic E-state index is 13.5. The van der Waals surface area contributed by atoms with Gasteiger partial charge in [0.1, 0.15) is 5.82 Å². The Morgan fingerprint density at radius 3 is 2.53 bits per heavy atom. The van der Waals surface area contributed by atoms with E-state index in [2.05, 4.69) is 13.8 Å². The predicted molar refractivity (Wildman–Crippen MR) is 62.6 cm³/mol. The summed E-state index contributed by atoms with van der Waals surface area (Å²) in [5.74, 6) is 1.17. The molecule has 0 aliphatic rings.